The lowest BCUT2D eigenvalue weighted by Gasteiger charge is -2.23. The summed E-state index contributed by atoms with van der Waals surface area (Å²) in [7, 11) is -3.20. The standard InChI is InChI=1S/C8H18NO4P/c1-5-12-14(11,13-6-2)8(4)9-7(3)10/h8H,5-6H2,1-4H3,(H,9,10)/t8-/m0/s1. The number of amides is 1. The van der Waals surface area contributed by atoms with Crippen molar-refractivity contribution in [1.82, 2.24) is 5.32 Å². The fraction of sp³-hybridized carbons (Fsp3) is 0.875. The van der Waals surface area contributed by atoms with Crippen molar-refractivity contribution in [2.45, 2.75) is 33.5 Å². The summed E-state index contributed by atoms with van der Waals surface area (Å²) in [6.07, 6.45) is 0. The van der Waals surface area contributed by atoms with Gasteiger partial charge in [-0.2, -0.15) is 0 Å². The van der Waals surface area contributed by atoms with E-state index in [0.29, 0.717) is 13.2 Å². The molecule has 0 saturated heterocycles. The molecule has 0 radical (unpaired) electrons. The molecule has 0 unspecified atom stereocenters. The van der Waals surface area contributed by atoms with Gasteiger partial charge in [-0.05, 0) is 20.8 Å². The first-order valence-electron chi connectivity index (χ1n) is 4.62. The maximum atomic E-state index is 12.0. The van der Waals surface area contributed by atoms with E-state index < -0.39 is 13.4 Å². The molecule has 0 aliphatic carbocycles. The zero-order valence-electron chi connectivity index (χ0n) is 9.07. The van der Waals surface area contributed by atoms with Crippen molar-refractivity contribution >= 4 is 13.5 Å². The Balaban J connectivity index is 4.46. The Morgan fingerprint density at radius 3 is 2.07 bits per heavy atom. The molecule has 0 aliphatic heterocycles. The molecule has 6 heteroatoms. The Bertz CT molecular complexity index is 221. The Kier molecular flexibility index (Phi) is 6.00. The van der Waals surface area contributed by atoms with Gasteiger partial charge in [-0.3, -0.25) is 9.36 Å². The van der Waals surface area contributed by atoms with Gasteiger partial charge in [0, 0.05) is 6.92 Å². The third-order valence-electron chi connectivity index (χ3n) is 1.50. The molecule has 0 saturated carbocycles. The molecule has 0 aromatic rings. The smallest absolute Gasteiger partial charge is 0.342 e. The molecule has 0 rings (SSSR count). The van der Waals surface area contributed by atoms with Crippen molar-refractivity contribution in [3.63, 3.8) is 0 Å². The zero-order valence-corrected chi connectivity index (χ0v) is 9.97. The van der Waals surface area contributed by atoms with Gasteiger partial charge in [-0.15, -0.1) is 0 Å². The monoisotopic (exact) mass is 223 g/mol. The second-order valence-corrected chi connectivity index (χ2v) is 5.12. The Morgan fingerprint density at radius 1 is 1.36 bits per heavy atom. The minimum atomic E-state index is -3.20. The highest BCUT2D eigenvalue weighted by Crippen LogP contribution is 2.51. The first-order valence-corrected chi connectivity index (χ1v) is 6.23. The molecule has 14 heavy (non-hydrogen) atoms. The maximum Gasteiger partial charge on any atom is 0.352 e. The molecule has 1 atom stereocenters. The first-order chi connectivity index (χ1) is 6.46. The molecule has 0 bridgehead atoms. The van der Waals surface area contributed by atoms with Crippen LogP contribution in [0.2, 0.25) is 0 Å². The fourth-order valence-electron chi connectivity index (χ4n) is 0.994. The lowest BCUT2D eigenvalue weighted by atomic mass is 10.6. The van der Waals surface area contributed by atoms with Crippen LogP contribution in [0.15, 0.2) is 0 Å². The highest BCUT2D eigenvalue weighted by molar-refractivity contribution is 7.54. The van der Waals surface area contributed by atoms with E-state index in [2.05, 4.69) is 5.32 Å². The minimum Gasteiger partial charge on any atom is -0.342 e. The number of rotatable bonds is 6. The summed E-state index contributed by atoms with van der Waals surface area (Å²) in [6.45, 7) is 7.01. The highest BCUT2D eigenvalue weighted by atomic mass is 31.2. The number of hydrogen-bond acceptors (Lipinski definition) is 4. The molecule has 84 valence electrons. The quantitative estimate of drug-likeness (QED) is 0.696. The molecule has 0 aromatic heterocycles. The average Bonchev–Trinajstić information content (AvgIpc) is 2.03. The van der Waals surface area contributed by atoms with Crippen LogP contribution in [-0.4, -0.2) is 24.9 Å². The van der Waals surface area contributed by atoms with Crippen molar-refractivity contribution in [3.8, 4) is 0 Å². The van der Waals surface area contributed by atoms with Crippen LogP contribution in [0.3, 0.4) is 0 Å². The fourth-order valence-corrected chi connectivity index (χ4v) is 2.58. The van der Waals surface area contributed by atoms with E-state index in [-0.39, 0.29) is 5.91 Å². The molecule has 0 spiro atoms. The summed E-state index contributed by atoms with van der Waals surface area (Å²) in [5.74, 6) is -0.864. The van der Waals surface area contributed by atoms with Crippen LogP contribution in [0.4, 0.5) is 0 Å². The van der Waals surface area contributed by atoms with Gasteiger partial charge in [0.05, 0.1) is 13.2 Å². The van der Waals surface area contributed by atoms with Crippen LogP contribution in [0.25, 0.3) is 0 Å². The van der Waals surface area contributed by atoms with Crippen LogP contribution in [0, 0.1) is 0 Å². The van der Waals surface area contributed by atoms with Crippen molar-refractivity contribution in [2.75, 3.05) is 13.2 Å². The van der Waals surface area contributed by atoms with E-state index in [0.717, 1.165) is 0 Å². The van der Waals surface area contributed by atoms with Crippen LogP contribution < -0.4 is 5.32 Å². The molecule has 5 nitrogen and oxygen atoms in total. The summed E-state index contributed by atoms with van der Waals surface area (Å²) in [5.41, 5.74) is 0. The minimum absolute atomic E-state index is 0.253. The number of nitrogens with one attached hydrogen (secondary N) is 1. The Labute approximate surface area is 84.7 Å². The van der Waals surface area contributed by atoms with Crippen molar-refractivity contribution < 1.29 is 18.4 Å². The Morgan fingerprint density at radius 2 is 1.79 bits per heavy atom. The number of carbonyl (C=O) groups excluding carboxylic acids is 1. The molecule has 0 heterocycles. The highest BCUT2D eigenvalue weighted by Gasteiger charge is 2.32. The van der Waals surface area contributed by atoms with E-state index in [1.165, 1.54) is 6.92 Å². The maximum absolute atomic E-state index is 12.0. The SMILES string of the molecule is CCOP(=O)(OCC)[C@@H](C)NC(C)=O. The van der Waals surface area contributed by atoms with Crippen molar-refractivity contribution in [2.24, 2.45) is 0 Å². The summed E-state index contributed by atoms with van der Waals surface area (Å²) < 4.78 is 22.1. The van der Waals surface area contributed by atoms with Gasteiger partial charge in [-0.1, -0.05) is 0 Å². The van der Waals surface area contributed by atoms with Gasteiger partial charge in [0.2, 0.25) is 5.91 Å². The van der Waals surface area contributed by atoms with Gasteiger partial charge in [0.1, 0.15) is 5.78 Å². The topological polar surface area (TPSA) is 64.6 Å². The number of carbonyl (C=O) groups is 1. The first kappa shape index (κ1) is 13.6. The average molecular weight is 223 g/mol. The van der Waals surface area contributed by atoms with Crippen LogP contribution in [-0.2, 0) is 18.4 Å². The molecular weight excluding hydrogens is 205 g/mol. The van der Waals surface area contributed by atoms with Gasteiger partial charge in [0.15, 0.2) is 0 Å². The lowest BCUT2D eigenvalue weighted by Crippen LogP contribution is -2.31. The van der Waals surface area contributed by atoms with E-state index in [9.17, 15) is 9.36 Å². The van der Waals surface area contributed by atoms with Crippen molar-refractivity contribution in [1.29, 1.82) is 0 Å². The second-order valence-electron chi connectivity index (χ2n) is 2.75. The summed E-state index contributed by atoms with van der Waals surface area (Å²) in [6, 6.07) is 0. The lowest BCUT2D eigenvalue weighted by molar-refractivity contribution is -0.119. The summed E-state index contributed by atoms with van der Waals surface area (Å²) >= 11 is 0. The van der Waals surface area contributed by atoms with Gasteiger partial charge >= 0.3 is 7.60 Å². The second kappa shape index (κ2) is 6.17. The predicted octanol–water partition coefficient (Wildman–Crippen LogP) is 1.73. The summed E-state index contributed by atoms with van der Waals surface area (Å²) in [5, 5.41) is 2.50. The van der Waals surface area contributed by atoms with Gasteiger partial charge in [-0.25, -0.2) is 0 Å². The van der Waals surface area contributed by atoms with E-state index >= 15 is 0 Å². The van der Waals surface area contributed by atoms with E-state index in [1.54, 1.807) is 20.8 Å². The molecule has 0 fully saturated rings. The third kappa shape index (κ3) is 4.22. The molecule has 0 aliphatic rings. The Hall–Kier alpha value is -0.380. The van der Waals surface area contributed by atoms with Crippen LogP contribution in [0.5, 0.6) is 0 Å². The normalized spacial score (nSPS) is 13.7. The van der Waals surface area contributed by atoms with E-state index in [1.807, 2.05) is 0 Å². The van der Waals surface area contributed by atoms with Crippen LogP contribution >= 0.6 is 7.60 Å². The molecular formula is C8H18NO4P. The largest absolute Gasteiger partial charge is 0.352 e. The van der Waals surface area contributed by atoms with Gasteiger partial charge < -0.3 is 14.4 Å². The van der Waals surface area contributed by atoms with Gasteiger partial charge in [0.25, 0.3) is 0 Å². The molecule has 0 aromatic carbocycles. The molecule has 1 N–H and O–H groups in total. The predicted molar refractivity (Wildman–Crippen MR) is 54.1 cm³/mol. The zero-order chi connectivity index (χ0) is 11.2. The molecule has 1 amide bonds. The summed E-state index contributed by atoms with van der Waals surface area (Å²) in [4.78, 5) is 10.8. The third-order valence-corrected chi connectivity index (χ3v) is 3.82. The van der Waals surface area contributed by atoms with Crippen LogP contribution in [0.1, 0.15) is 27.7 Å². The number of hydrogen-bond donors (Lipinski definition) is 1. The van der Waals surface area contributed by atoms with Crippen molar-refractivity contribution in [3.05, 3.63) is 0 Å². The van der Waals surface area contributed by atoms with E-state index in [4.69, 9.17) is 9.05 Å².